The molecule has 1 aliphatic rings. The third kappa shape index (κ3) is 3.88. The molecule has 118 valence electrons. The smallest absolute Gasteiger partial charge is 0.305 e. The first kappa shape index (κ1) is 15.1. The van der Waals surface area contributed by atoms with Crippen molar-refractivity contribution in [3.63, 3.8) is 0 Å². The lowest BCUT2D eigenvalue weighted by Crippen LogP contribution is -2.07. The van der Waals surface area contributed by atoms with Crippen LogP contribution in [-0.4, -0.2) is 23.3 Å². The summed E-state index contributed by atoms with van der Waals surface area (Å²) in [6, 6.07) is 17.8. The van der Waals surface area contributed by atoms with Gasteiger partial charge in [-0.05, 0) is 23.3 Å². The van der Waals surface area contributed by atoms with Crippen LogP contribution in [-0.2, 0) is 9.63 Å². The number of hydrogen-bond acceptors (Lipinski definition) is 4. The molecule has 0 saturated heterocycles. The average molecular weight is 310 g/mol. The minimum atomic E-state index is -0.807. The van der Waals surface area contributed by atoms with Gasteiger partial charge in [-0.3, -0.25) is 4.79 Å². The molecule has 0 bridgehead atoms. The maximum atomic E-state index is 10.5. The fourth-order valence-electron chi connectivity index (χ4n) is 2.49. The molecular formula is C18H18N2O3. The lowest BCUT2D eigenvalue weighted by molar-refractivity contribution is -0.136. The molecule has 2 aromatic rings. The van der Waals surface area contributed by atoms with Crippen molar-refractivity contribution in [3.8, 4) is 0 Å². The Hall–Kier alpha value is -2.82. The molecule has 0 aliphatic carbocycles. The quantitative estimate of drug-likeness (QED) is 0.857. The van der Waals surface area contributed by atoms with Gasteiger partial charge in [-0.2, -0.15) is 0 Å². The molecule has 1 unspecified atom stereocenters. The summed E-state index contributed by atoms with van der Waals surface area (Å²) in [7, 11) is 0. The fraction of sp³-hybridized carbons (Fsp3) is 0.222. The summed E-state index contributed by atoms with van der Waals surface area (Å²) >= 11 is 0. The molecule has 23 heavy (non-hydrogen) atoms. The van der Waals surface area contributed by atoms with E-state index in [1.165, 1.54) is 0 Å². The van der Waals surface area contributed by atoms with Crippen LogP contribution in [0.15, 0.2) is 59.8 Å². The Morgan fingerprint density at radius 3 is 2.61 bits per heavy atom. The van der Waals surface area contributed by atoms with Crippen LogP contribution in [0.25, 0.3) is 0 Å². The van der Waals surface area contributed by atoms with E-state index in [1.54, 1.807) is 0 Å². The summed E-state index contributed by atoms with van der Waals surface area (Å²) < 4.78 is 0. The lowest BCUT2D eigenvalue weighted by Gasteiger charge is -2.08. The van der Waals surface area contributed by atoms with Crippen LogP contribution in [0.4, 0.5) is 5.69 Å². The molecule has 2 aromatic carbocycles. The maximum absolute atomic E-state index is 10.5. The van der Waals surface area contributed by atoms with Gasteiger partial charge in [0.25, 0.3) is 0 Å². The van der Waals surface area contributed by atoms with Crippen LogP contribution < -0.4 is 5.32 Å². The number of carbonyl (C=O) groups is 1. The predicted molar refractivity (Wildman–Crippen MR) is 88.6 cm³/mol. The van der Waals surface area contributed by atoms with Gasteiger partial charge in [-0.1, -0.05) is 47.6 Å². The monoisotopic (exact) mass is 310 g/mol. The number of carboxylic acid groups (broad SMARTS) is 1. The number of nitrogens with one attached hydrogen (secondary N) is 1. The zero-order chi connectivity index (χ0) is 16.1. The number of hydrogen-bond donors (Lipinski definition) is 2. The number of oxime groups is 1. The first-order chi connectivity index (χ1) is 11.2. The molecule has 0 aromatic heterocycles. The second-order valence-corrected chi connectivity index (χ2v) is 5.39. The average Bonchev–Trinajstić information content (AvgIpc) is 3.06. The first-order valence-corrected chi connectivity index (χ1v) is 7.56. The molecular weight excluding hydrogens is 292 g/mol. The predicted octanol–water partition coefficient (Wildman–Crippen LogP) is 3.44. The Morgan fingerprint density at radius 1 is 1.17 bits per heavy atom. The molecule has 0 radical (unpaired) electrons. The van der Waals surface area contributed by atoms with Crippen LogP contribution in [0.2, 0.25) is 0 Å². The van der Waals surface area contributed by atoms with E-state index in [0.717, 1.165) is 28.9 Å². The second kappa shape index (κ2) is 6.96. The minimum absolute atomic E-state index is 0.0282. The van der Waals surface area contributed by atoms with Gasteiger partial charge in [0.15, 0.2) is 6.10 Å². The van der Waals surface area contributed by atoms with Crippen molar-refractivity contribution in [2.45, 2.75) is 18.9 Å². The Labute approximate surface area is 134 Å². The summed E-state index contributed by atoms with van der Waals surface area (Å²) in [5, 5.41) is 15.9. The molecule has 0 fully saturated rings. The van der Waals surface area contributed by atoms with Crippen molar-refractivity contribution in [2.24, 2.45) is 5.16 Å². The van der Waals surface area contributed by atoms with E-state index in [1.807, 2.05) is 54.6 Å². The largest absolute Gasteiger partial charge is 0.481 e. The van der Waals surface area contributed by atoms with E-state index in [0.29, 0.717) is 6.54 Å². The van der Waals surface area contributed by atoms with E-state index in [2.05, 4.69) is 10.5 Å². The Bertz CT molecular complexity index is 696. The van der Waals surface area contributed by atoms with Crippen molar-refractivity contribution in [1.82, 2.24) is 0 Å². The summed E-state index contributed by atoms with van der Waals surface area (Å²) in [5.74, 6) is -0.807. The summed E-state index contributed by atoms with van der Waals surface area (Å²) in [5.41, 5.74) is 3.97. The number of rotatable bonds is 6. The van der Waals surface area contributed by atoms with Gasteiger partial charge in [0.2, 0.25) is 0 Å². The van der Waals surface area contributed by atoms with Crippen molar-refractivity contribution in [3.05, 3.63) is 65.7 Å². The van der Waals surface area contributed by atoms with Gasteiger partial charge in [0.05, 0.1) is 12.1 Å². The van der Waals surface area contributed by atoms with Crippen molar-refractivity contribution in [1.29, 1.82) is 0 Å². The Kier molecular flexibility index (Phi) is 4.57. The van der Waals surface area contributed by atoms with Crippen LogP contribution in [0.5, 0.6) is 0 Å². The van der Waals surface area contributed by atoms with Gasteiger partial charge in [0.1, 0.15) is 0 Å². The summed E-state index contributed by atoms with van der Waals surface area (Å²) in [6.45, 7) is 0.412. The molecule has 3 rings (SSSR count). The number of aliphatic carboxylic acids is 1. The summed E-state index contributed by atoms with van der Waals surface area (Å²) in [4.78, 5) is 16.0. The van der Waals surface area contributed by atoms with Gasteiger partial charge >= 0.3 is 5.97 Å². The molecule has 2 N–H and O–H groups in total. The van der Waals surface area contributed by atoms with Gasteiger partial charge in [0, 0.05) is 18.7 Å². The van der Waals surface area contributed by atoms with E-state index < -0.39 is 5.97 Å². The first-order valence-electron chi connectivity index (χ1n) is 7.56. The number of carboxylic acids is 1. The fourth-order valence-corrected chi connectivity index (χ4v) is 2.49. The van der Waals surface area contributed by atoms with Crippen LogP contribution in [0.3, 0.4) is 0 Å². The highest BCUT2D eigenvalue weighted by Gasteiger charge is 2.23. The normalized spacial score (nSPS) is 16.5. The molecule has 5 nitrogen and oxygen atoms in total. The van der Waals surface area contributed by atoms with Crippen LogP contribution in [0.1, 0.15) is 30.1 Å². The van der Waals surface area contributed by atoms with E-state index in [4.69, 9.17) is 9.94 Å². The third-order valence-electron chi connectivity index (χ3n) is 3.73. The Morgan fingerprint density at radius 2 is 1.91 bits per heavy atom. The molecule has 5 heteroatoms. The van der Waals surface area contributed by atoms with Crippen LogP contribution in [0, 0.1) is 0 Å². The molecule has 1 aliphatic heterocycles. The van der Waals surface area contributed by atoms with Crippen LogP contribution >= 0.6 is 0 Å². The third-order valence-corrected chi connectivity index (χ3v) is 3.73. The van der Waals surface area contributed by atoms with Gasteiger partial charge in [-0.15, -0.1) is 0 Å². The maximum Gasteiger partial charge on any atom is 0.305 e. The highest BCUT2D eigenvalue weighted by Crippen LogP contribution is 2.29. The number of benzene rings is 2. The highest BCUT2D eigenvalue weighted by atomic mass is 16.6. The number of nitrogens with zero attached hydrogens (tertiary/aromatic N) is 1. The van der Waals surface area contributed by atoms with E-state index in [9.17, 15) is 4.79 Å². The second-order valence-electron chi connectivity index (χ2n) is 5.39. The topological polar surface area (TPSA) is 70.9 Å². The minimum Gasteiger partial charge on any atom is -0.481 e. The van der Waals surface area contributed by atoms with E-state index >= 15 is 0 Å². The zero-order valence-electron chi connectivity index (χ0n) is 12.6. The van der Waals surface area contributed by atoms with Crippen molar-refractivity contribution >= 4 is 17.4 Å². The lowest BCUT2D eigenvalue weighted by atomic mass is 10.0. The molecule has 0 saturated carbocycles. The molecule has 1 heterocycles. The van der Waals surface area contributed by atoms with Crippen molar-refractivity contribution < 1.29 is 14.7 Å². The van der Waals surface area contributed by atoms with Gasteiger partial charge in [-0.25, -0.2) is 0 Å². The van der Waals surface area contributed by atoms with Gasteiger partial charge < -0.3 is 15.3 Å². The SMILES string of the molecule is O=C(O)CCNc1ccc(C2=NOC(c3ccccc3)C2)cc1. The molecule has 0 spiro atoms. The molecule has 1 atom stereocenters. The highest BCUT2D eigenvalue weighted by molar-refractivity contribution is 6.01. The summed E-state index contributed by atoms with van der Waals surface area (Å²) in [6.07, 6.45) is 0.816. The Balaban J connectivity index is 1.59. The molecule has 0 amide bonds. The standard InChI is InChI=1S/C18H18N2O3/c21-18(22)10-11-19-15-8-6-13(7-9-15)16-12-17(23-20-16)14-4-2-1-3-5-14/h1-9,17,19H,10-12H2,(H,21,22). The van der Waals surface area contributed by atoms with E-state index in [-0.39, 0.29) is 12.5 Å². The van der Waals surface area contributed by atoms with Crippen molar-refractivity contribution in [2.75, 3.05) is 11.9 Å². The zero-order valence-corrected chi connectivity index (χ0v) is 12.6. The number of anilines is 1.